The van der Waals surface area contributed by atoms with Crippen molar-refractivity contribution in [3.63, 3.8) is 0 Å². The van der Waals surface area contributed by atoms with Gasteiger partial charge in [0.15, 0.2) is 0 Å². The molecule has 0 radical (unpaired) electrons. The molecular formula is C9H15NO. The predicted octanol–water partition coefficient (Wildman–Crippen LogP) is 2.89. The van der Waals surface area contributed by atoms with Gasteiger partial charge in [0.05, 0.1) is 6.04 Å². The molecular weight excluding hydrogens is 138 g/mol. The van der Waals surface area contributed by atoms with Crippen LogP contribution in [-0.4, -0.2) is 6.04 Å². The van der Waals surface area contributed by atoms with Crippen molar-refractivity contribution < 1.29 is 0 Å². The molecule has 0 aliphatic heterocycles. The van der Waals surface area contributed by atoms with Gasteiger partial charge >= 0.3 is 0 Å². The van der Waals surface area contributed by atoms with Gasteiger partial charge in [0.1, 0.15) is 0 Å². The van der Waals surface area contributed by atoms with E-state index >= 15 is 0 Å². The molecule has 0 heterocycles. The highest BCUT2D eigenvalue weighted by atomic mass is 16.3. The van der Waals surface area contributed by atoms with Crippen LogP contribution in [0.5, 0.6) is 0 Å². The third-order valence-electron chi connectivity index (χ3n) is 2.24. The smallest absolute Gasteiger partial charge is 0.0922 e. The van der Waals surface area contributed by atoms with E-state index in [4.69, 9.17) is 0 Å². The van der Waals surface area contributed by atoms with Gasteiger partial charge in [0.2, 0.25) is 0 Å². The number of nitrogens with zero attached hydrogens (tertiary/aromatic N) is 1. The van der Waals surface area contributed by atoms with Crippen LogP contribution in [0.25, 0.3) is 0 Å². The Bertz CT molecular complexity index is 154. The van der Waals surface area contributed by atoms with Crippen molar-refractivity contribution in [1.29, 1.82) is 0 Å². The van der Waals surface area contributed by atoms with Crippen molar-refractivity contribution in [3.05, 3.63) is 17.1 Å². The van der Waals surface area contributed by atoms with Crippen LogP contribution in [0.4, 0.5) is 0 Å². The number of nitroso groups, excluding NO2 is 1. The fraction of sp³-hybridized carbons (Fsp3) is 0.778. The normalized spacial score (nSPS) is 35.4. The zero-order chi connectivity index (χ0) is 8.10. The van der Waals surface area contributed by atoms with Crippen molar-refractivity contribution >= 4 is 0 Å². The van der Waals surface area contributed by atoms with Gasteiger partial charge in [-0.15, -0.1) is 0 Å². The van der Waals surface area contributed by atoms with E-state index in [0.717, 1.165) is 25.7 Å². The first kappa shape index (κ1) is 8.44. The van der Waals surface area contributed by atoms with Crippen molar-refractivity contribution in [2.75, 3.05) is 0 Å². The van der Waals surface area contributed by atoms with Gasteiger partial charge in [-0.05, 0) is 31.6 Å². The Kier molecular flexibility index (Phi) is 3.27. The van der Waals surface area contributed by atoms with E-state index in [1.54, 1.807) is 0 Å². The molecule has 0 saturated carbocycles. The number of rotatable bonds is 1. The lowest BCUT2D eigenvalue weighted by Gasteiger charge is -2.13. The molecule has 0 bridgehead atoms. The number of hydrogen-bond donors (Lipinski definition) is 0. The Balaban J connectivity index is 2.43. The van der Waals surface area contributed by atoms with E-state index in [-0.39, 0.29) is 6.04 Å². The Morgan fingerprint density at radius 3 is 2.91 bits per heavy atom. The SMILES string of the molecule is CC1/C=C\CCC(N=O)CC1. The first-order valence-electron chi connectivity index (χ1n) is 4.32. The molecule has 1 aliphatic rings. The predicted molar refractivity (Wildman–Crippen MR) is 46.4 cm³/mol. The summed E-state index contributed by atoms with van der Waals surface area (Å²) in [6.45, 7) is 2.18. The van der Waals surface area contributed by atoms with Gasteiger partial charge < -0.3 is 0 Å². The average Bonchev–Trinajstić information content (AvgIpc) is 1.98. The maximum atomic E-state index is 10.3. The molecule has 0 saturated heterocycles. The molecule has 62 valence electrons. The van der Waals surface area contributed by atoms with Crippen LogP contribution in [0, 0.1) is 10.8 Å². The van der Waals surface area contributed by atoms with E-state index in [1.165, 1.54) is 0 Å². The largest absolute Gasteiger partial charge is 0.151 e. The molecule has 2 unspecified atom stereocenters. The summed E-state index contributed by atoms with van der Waals surface area (Å²) in [6.07, 6.45) is 8.43. The van der Waals surface area contributed by atoms with Gasteiger partial charge in [-0.1, -0.05) is 24.3 Å². The summed E-state index contributed by atoms with van der Waals surface area (Å²) in [5.41, 5.74) is 0. The summed E-state index contributed by atoms with van der Waals surface area (Å²) in [5, 5.41) is 3.10. The summed E-state index contributed by atoms with van der Waals surface area (Å²) in [5.74, 6) is 0.625. The van der Waals surface area contributed by atoms with E-state index in [2.05, 4.69) is 24.3 Å². The lowest BCUT2D eigenvalue weighted by molar-refractivity contribution is 0.491. The zero-order valence-electron chi connectivity index (χ0n) is 6.99. The Morgan fingerprint density at radius 1 is 1.36 bits per heavy atom. The monoisotopic (exact) mass is 153 g/mol. The molecule has 1 rings (SSSR count). The van der Waals surface area contributed by atoms with Gasteiger partial charge in [0.25, 0.3) is 0 Å². The van der Waals surface area contributed by atoms with Crippen molar-refractivity contribution in [2.24, 2.45) is 11.1 Å². The third-order valence-corrected chi connectivity index (χ3v) is 2.24. The molecule has 2 nitrogen and oxygen atoms in total. The van der Waals surface area contributed by atoms with Crippen LogP contribution in [0.1, 0.15) is 32.6 Å². The van der Waals surface area contributed by atoms with Gasteiger partial charge in [-0.25, -0.2) is 0 Å². The van der Waals surface area contributed by atoms with Gasteiger partial charge in [0, 0.05) is 0 Å². The molecule has 0 aromatic carbocycles. The summed E-state index contributed by atoms with van der Waals surface area (Å²) in [4.78, 5) is 10.3. The minimum absolute atomic E-state index is 0.0717. The molecule has 0 spiro atoms. The van der Waals surface area contributed by atoms with E-state index < -0.39 is 0 Å². The van der Waals surface area contributed by atoms with Crippen molar-refractivity contribution in [2.45, 2.75) is 38.6 Å². The van der Waals surface area contributed by atoms with Gasteiger partial charge in [-0.2, -0.15) is 4.91 Å². The molecule has 0 aromatic rings. The summed E-state index contributed by atoms with van der Waals surface area (Å²) in [7, 11) is 0. The molecule has 0 N–H and O–H groups in total. The summed E-state index contributed by atoms with van der Waals surface area (Å²) >= 11 is 0. The standard InChI is InChI=1S/C9H15NO/c1-8-4-2-3-5-9(10-11)7-6-8/h2,4,8-9H,3,5-7H2,1H3/b4-2-. The highest BCUT2D eigenvalue weighted by Crippen LogP contribution is 2.18. The highest BCUT2D eigenvalue weighted by molar-refractivity contribution is 4.90. The van der Waals surface area contributed by atoms with Crippen LogP contribution >= 0.6 is 0 Å². The third kappa shape index (κ3) is 2.83. The van der Waals surface area contributed by atoms with E-state index in [0.29, 0.717) is 5.92 Å². The van der Waals surface area contributed by atoms with Crippen LogP contribution in [0.2, 0.25) is 0 Å². The Labute approximate surface area is 67.7 Å². The minimum atomic E-state index is 0.0717. The summed E-state index contributed by atoms with van der Waals surface area (Å²) < 4.78 is 0. The maximum absolute atomic E-state index is 10.3. The lowest BCUT2D eigenvalue weighted by Crippen LogP contribution is -2.07. The first-order valence-corrected chi connectivity index (χ1v) is 4.32. The second-order valence-electron chi connectivity index (χ2n) is 3.32. The maximum Gasteiger partial charge on any atom is 0.0922 e. The quantitative estimate of drug-likeness (QED) is 0.420. The topological polar surface area (TPSA) is 29.4 Å². The molecule has 0 fully saturated rings. The fourth-order valence-corrected chi connectivity index (χ4v) is 1.42. The molecule has 2 heteroatoms. The van der Waals surface area contributed by atoms with Crippen LogP contribution < -0.4 is 0 Å². The second kappa shape index (κ2) is 4.27. The van der Waals surface area contributed by atoms with Crippen molar-refractivity contribution in [3.8, 4) is 0 Å². The molecule has 2 atom stereocenters. The van der Waals surface area contributed by atoms with Crippen molar-refractivity contribution in [1.82, 2.24) is 0 Å². The second-order valence-corrected chi connectivity index (χ2v) is 3.32. The van der Waals surface area contributed by atoms with E-state index in [1.807, 2.05) is 0 Å². The first-order chi connectivity index (χ1) is 5.33. The molecule has 11 heavy (non-hydrogen) atoms. The van der Waals surface area contributed by atoms with E-state index in [9.17, 15) is 4.91 Å². The highest BCUT2D eigenvalue weighted by Gasteiger charge is 2.11. The average molecular weight is 153 g/mol. The molecule has 1 aliphatic carbocycles. The van der Waals surface area contributed by atoms with Crippen LogP contribution in [0.3, 0.4) is 0 Å². The minimum Gasteiger partial charge on any atom is -0.151 e. The molecule has 0 aromatic heterocycles. The lowest BCUT2D eigenvalue weighted by atomic mass is 9.95. The Hall–Kier alpha value is -0.660. The fourth-order valence-electron chi connectivity index (χ4n) is 1.42. The number of hydrogen-bond acceptors (Lipinski definition) is 2. The molecule has 0 amide bonds. The van der Waals surface area contributed by atoms with Crippen LogP contribution in [0.15, 0.2) is 17.3 Å². The summed E-state index contributed by atoms with van der Waals surface area (Å²) in [6, 6.07) is 0.0717. The zero-order valence-corrected chi connectivity index (χ0v) is 6.99. The van der Waals surface area contributed by atoms with Crippen LogP contribution in [-0.2, 0) is 0 Å². The number of allylic oxidation sites excluding steroid dienone is 2. The van der Waals surface area contributed by atoms with Gasteiger partial charge in [-0.3, -0.25) is 0 Å². The Morgan fingerprint density at radius 2 is 2.18 bits per heavy atom.